The minimum absolute atomic E-state index is 0.0581. The van der Waals surface area contributed by atoms with Crippen LogP contribution in [0, 0.1) is 0 Å². The Morgan fingerprint density at radius 1 is 1.58 bits per heavy atom. The Labute approximate surface area is 79.5 Å². The molecule has 3 heteroatoms. The van der Waals surface area contributed by atoms with Gasteiger partial charge in [-0.3, -0.25) is 4.79 Å². The van der Waals surface area contributed by atoms with Gasteiger partial charge in [-0.05, 0) is 34.8 Å². The topological polar surface area (TPSA) is 32.9 Å². The maximum Gasteiger partial charge on any atom is 0.248 e. The molecule has 0 fully saturated rings. The van der Waals surface area contributed by atoms with Crippen molar-refractivity contribution in [3.8, 4) is 0 Å². The Morgan fingerprint density at radius 3 is 3.00 bits per heavy atom. The van der Waals surface area contributed by atoms with E-state index < -0.39 is 0 Å². The number of halogens is 1. The van der Waals surface area contributed by atoms with E-state index in [1.165, 1.54) is 6.07 Å². The molecule has 64 valence electrons. The van der Waals surface area contributed by atoms with Crippen molar-refractivity contribution in [1.29, 1.82) is 0 Å². The number of pyridine rings is 1. The average Bonchev–Trinajstić information content (AvgIpc) is 2.07. The second kappa shape index (κ2) is 4.26. The van der Waals surface area contributed by atoms with Crippen molar-refractivity contribution in [3.05, 3.63) is 45.3 Å². The number of aromatic amines is 1. The number of aromatic nitrogens is 1. The minimum atomic E-state index is -0.0581. The number of hydrogen-bond acceptors (Lipinski definition) is 1. The summed E-state index contributed by atoms with van der Waals surface area (Å²) in [6, 6.07) is 3.26. The predicted octanol–water partition coefficient (Wildman–Crippen LogP) is 2.26. The summed E-state index contributed by atoms with van der Waals surface area (Å²) in [7, 11) is 0. The Balaban J connectivity index is 2.89. The first-order chi connectivity index (χ1) is 5.74. The van der Waals surface area contributed by atoms with Crippen LogP contribution in [0.4, 0.5) is 0 Å². The third-order valence-electron chi connectivity index (χ3n) is 1.54. The molecule has 0 atom stereocenters. The van der Waals surface area contributed by atoms with Gasteiger partial charge in [0, 0.05) is 16.2 Å². The minimum Gasteiger partial charge on any atom is -0.325 e. The fraction of sp³-hybridized carbons (Fsp3) is 0.222. The van der Waals surface area contributed by atoms with Crippen LogP contribution in [0.25, 0.3) is 0 Å². The lowest BCUT2D eigenvalue weighted by atomic mass is 10.2. The summed E-state index contributed by atoms with van der Waals surface area (Å²) in [5.41, 5.74) is 0.875. The van der Waals surface area contributed by atoms with Gasteiger partial charge in [-0.15, -0.1) is 6.58 Å². The lowest BCUT2D eigenvalue weighted by Gasteiger charge is -2.00. The molecule has 1 heterocycles. The highest BCUT2D eigenvalue weighted by atomic mass is 79.9. The number of allylic oxidation sites excluding steroid dienone is 1. The van der Waals surface area contributed by atoms with E-state index in [0.717, 1.165) is 23.0 Å². The van der Waals surface area contributed by atoms with E-state index in [2.05, 4.69) is 27.5 Å². The number of aryl methyl sites for hydroxylation is 1. The fourth-order valence-electron chi connectivity index (χ4n) is 0.928. The molecule has 1 N–H and O–H groups in total. The third-order valence-corrected chi connectivity index (χ3v) is 2.28. The summed E-state index contributed by atoms with van der Waals surface area (Å²) < 4.78 is 0.948. The van der Waals surface area contributed by atoms with E-state index in [1.54, 1.807) is 6.07 Å². The number of H-pyrrole nitrogens is 1. The smallest absolute Gasteiger partial charge is 0.248 e. The number of hydrogen-bond donors (Lipinski definition) is 1. The van der Waals surface area contributed by atoms with Gasteiger partial charge in [-0.2, -0.15) is 0 Å². The molecule has 0 aromatic carbocycles. The van der Waals surface area contributed by atoms with Gasteiger partial charge in [0.1, 0.15) is 0 Å². The first-order valence-corrected chi connectivity index (χ1v) is 4.52. The summed E-state index contributed by atoms with van der Waals surface area (Å²) >= 11 is 3.36. The highest BCUT2D eigenvalue weighted by Gasteiger charge is 1.98. The zero-order valence-corrected chi connectivity index (χ0v) is 8.23. The molecule has 0 aliphatic heterocycles. The van der Waals surface area contributed by atoms with E-state index in [-0.39, 0.29) is 5.56 Å². The molecule has 12 heavy (non-hydrogen) atoms. The summed E-state index contributed by atoms with van der Waals surface area (Å²) in [4.78, 5) is 13.7. The van der Waals surface area contributed by atoms with Crippen LogP contribution in [0.1, 0.15) is 12.1 Å². The molecule has 0 saturated carbocycles. The van der Waals surface area contributed by atoms with Crippen molar-refractivity contribution in [1.82, 2.24) is 4.98 Å². The van der Waals surface area contributed by atoms with Crippen molar-refractivity contribution in [2.45, 2.75) is 12.8 Å². The summed E-state index contributed by atoms with van der Waals surface area (Å²) in [5, 5.41) is 0. The van der Waals surface area contributed by atoms with Gasteiger partial charge in [0.15, 0.2) is 0 Å². The maximum absolute atomic E-state index is 10.9. The number of rotatable bonds is 3. The predicted molar refractivity (Wildman–Crippen MR) is 53.3 cm³/mol. The van der Waals surface area contributed by atoms with Gasteiger partial charge in [-0.25, -0.2) is 0 Å². The van der Waals surface area contributed by atoms with Crippen LogP contribution in [0.15, 0.2) is 34.1 Å². The third kappa shape index (κ3) is 2.34. The Bertz CT molecular complexity index is 330. The molecule has 2 nitrogen and oxygen atoms in total. The van der Waals surface area contributed by atoms with E-state index in [4.69, 9.17) is 0 Å². The van der Waals surface area contributed by atoms with Crippen LogP contribution in [0.2, 0.25) is 0 Å². The molecule has 0 radical (unpaired) electrons. The first kappa shape index (κ1) is 9.26. The maximum atomic E-state index is 10.9. The highest BCUT2D eigenvalue weighted by Crippen LogP contribution is 2.13. The largest absolute Gasteiger partial charge is 0.325 e. The average molecular weight is 228 g/mol. The summed E-state index contributed by atoms with van der Waals surface area (Å²) in [6.07, 6.45) is 3.52. The van der Waals surface area contributed by atoms with Gasteiger partial charge in [-0.1, -0.05) is 6.08 Å². The SMILES string of the molecule is C=CCCc1[nH]c(=O)ccc1Br. The van der Waals surface area contributed by atoms with Crippen molar-refractivity contribution in [2.75, 3.05) is 0 Å². The van der Waals surface area contributed by atoms with E-state index >= 15 is 0 Å². The Kier molecular flexibility index (Phi) is 3.29. The molecular weight excluding hydrogens is 218 g/mol. The molecule has 0 bridgehead atoms. The lowest BCUT2D eigenvalue weighted by molar-refractivity contribution is 0.924. The summed E-state index contributed by atoms with van der Waals surface area (Å²) in [6.45, 7) is 3.62. The molecule has 0 spiro atoms. The van der Waals surface area contributed by atoms with Crippen molar-refractivity contribution in [3.63, 3.8) is 0 Å². The molecule has 1 rings (SSSR count). The number of nitrogens with one attached hydrogen (secondary N) is 1. The van der Waals surface area contributed by atoms with Gasteiger partial charge in [0.05, 0.1) is 0 Å². The quantitative estimate of drug-likeness (QED) is 0.790. The van der Waals surface area contributed by atoms with Crippen LogP contribution in [0.3, 0.4) is 0 Å². The van der Waals surface area contributed by atoms with Gasteiger partial charge < -0.3 is 4.98 Å². The highest BCUT2D eigenvalue weighted by molar-refractivity contribution is 9.10. The molecule has 1 aromatic heterocycles. The van der Waals surface area contributed by atoms with Crippen LogP contribution >= 0.6 is 15.9 Å². The molecule has 0 saturated heterocycles. The first-order valence-electron chi connectivity index (χ1n) is 3.72. The lowest BCUT2D eigenvalue weighted by Crippen LogP contribution is -2.07. The second-order valence-electron chi connectivity index (χ2n) is 2.48. The van der Waals surface area contributed by atoms with Gasteiger partial charge >= 0.3 is 0 Å². The van der Waals surface area contributed by atoms with Crippen LogP contribution in [0.5, 0.6) is 0 Å². The van der Waals surface area contributed by atoms with E-state index in [9.17, 15) is 4.79 Å². The van der Waals surface area contributed by atoms with Crippen molar-refractivity contribution < 1.29 is 0 Å². The molecule has 1 aromatic rings. The normalized spacial score (nSPS) is 9.75. The van der Waals surface area contributed by atoms with Crippen molar-refractivity contribution >= 4 is 15.9 Å². The zero-order chi connectivity index (χ0) is 8.97. The molecular formula is C9H10BrNO. The van der Waals surface area contributed by atoms with Crippen LogP contribution in [-0.4, -0.2) is 4.98 Å². The van der Waals surface area contributed by atoms with Crippen LogP contribution in [-0.2, 0) is 6.42 Å². The van der Waals surface area contributed by atoms with Gasteiger partial charge in [0.2, 0.25) is 5.56 Å². The second-order valence-corrected chi connectivity index (χ2v) is 3.33. The van der Waals surface area contributed by atoms with E-state index in [0.29, 0.717) is 0 Å². The molecule has 0 aliphatic carbocycles. The Morgan fingerprint density at radius 2 is 2.33 bits per heavy atom. The molecule has 0 unspecified atom stereocenters. The van der Waals surface area contributed by atoms with Crippen LogP contribution < -0.4 is 5.56 Å². The monoisotopic (exact) mass is 227 g/mol. The van der Waals surface area contributed by atoms with E-state index in [1.807, 2.05) is 6.08 Å². The van der Waals surface area contributed by atoms with Crippen molar-refractivity contribution in [2.24, 2.45) is 0 Å². The Hall–Kier alpha value is -0.830. The summed E-state index contributed by atoms with van der Waals surface area (Å²) in [5.74, 6) is 0. The molecule has 0 amide bonds. The van der Waals surface area contributed by atoms with Gasteiger partial charge in [0.25, 0.3) is 0 Å². The zero-order valence-electron chi connectivity index (χ0n) is 6.64. The molecule has 0 aliphatic rings. The standard InChI is InChI=1S/C9H10BrNO/c1-2-3-4-8-7(10)5-6-9(12)11-8/h2,5-6H,1,3-4H2,(H,11,12). The fourth-order valence-corrected chi connectivity index (χ4v) is 1.36.